The number of aromatic nitrogens is 8. The molecule has 0 atom stereocenters. The van der Waals surface area contributed by atoms with Crippen LogP contribution in [-0.4, -0.2) is 39.0 Å². The Bertz CT molecular complexity index is 7650. The summed E-state index contributed by atoms with van der Waals surface area (Å²) in [6, 6.07) is 120. The summed E-state index contributed by atoms with van der Waals surface area (Å²) >= 11 is 0. The quantitative estimate of drug-likeness (QED) is 0.140. The third-order valence-electron chi connectivity index (χ3n) is 21.9. The fourth-order valence-corrected chi connectivity index (χ4v) is 16.9. The van der Waals surface area contributed by atoms with E-state index in [0.29, 0.717) is 34.9 Å². The largest absolute Gasteiger partial charge is 0.456 e. The Morgan fingerprint density at radius 2 is 0.556 bits per heavy atom. The molecule has 17 aromatic carbocycles. The predicted octanol–water partition coefficient (Wildman–Crippen LogP) is 25.5. The first-order valence-electron chi connectivity index (χ1n) is 36.4. The van der Waals surface area contributed by atoms with Crippen LogP contribution in [0.25, 0.3) is 232 Å². The van der Waals surface area contributed by atoms with Gasteiger partial charge in [0, 0.05) is 65.7 Å². The summed E-state index contributed by atoms with van der Waals surface area (Å²) in [7, 11) is 0. The Balaban J connectivity index is 0.713. The molecule has 0 aliphatic carbocycles. The minimum atomic E-state index is 0.519. The van der Waals surface area contributed by atoms with Gasteiger partial charge in [-0.25, -0.2) is 29.9 Å². The molecule has 500 valence electrons. The molecule has 0 bridgehead atoms. The van der Waals surface area contributed by atoms with Crippen LogP contribution in [0.3, 0.4) is 0 Å². The number of nitrogens with zero attached hydrogens (tertiary/aromatic N) is 8. The van der Waals surface area contributed by atoms with Gasteiger partial charge in [-0.3, -0.25) is 0 Å². The summed E-state index contributed by atoms with van der Waals surface area (Å²) in [5.41, 5.74) is 16.2. The van der Waals surface area contributed by atoms with Crippen LogP contribution in [-0.2, 0) is 0 Å². The Hall–Kier alpha value is -14.7. The average Bonchev–Trinajstić information content (AvgIpc) is 1.54. The van der Waals surface area contributed by atoms with Crippen LogP contribution >= 0.6 is 0 Å². The van der Waals surface area contributed by atoms with Crippen molar-refractivity contribution in [3.05, 3.63) is 340 Å². The maximum atomic E-state index is 6.82. The highest BCUT2D eigenvalue weighted by atomic mass is 16.3. The van der Waals surface area contributed by atoms with E-state index in [1.807, 2.05) is 60.7 Å². The highest BCUT2D eigenvalue weighted by molar-refractivity contribution is 6.26. The van der Waals surface area contributed by atoms with Gasteiger partial charge in [-0.2, -0.15) is 0 Å². The summed E-state index contributed by atoms with van der Waals surface area (Å²) in [4.78, 5) is 33.2. The van der Waals surface area contributed by atoms with Gasteiger partial charge in [0.15, 0.2) is 34.9 Å². The highest BCUT2D eigenvalue weighted by Crippen LogP contribution is 2.49. The molecule has 0 saturated heterocycles. The molecule has 0 spiro atoms. The SMILES string of the molecule is c1ccc(-c2nc(-c3ccc(-c4cc(-c5nc(-c6ccccc6)nc(-c6ccc7oc8ccccc8c7c6-n6c7cc8ccccc8cc7c7cc8ccccc8cc76)n5)c5ccccc5c4)cc3)nc(-c3ccc4oc5ccccc5c4c3-n3c4cc5ccccc5cc4c4c5ccccc5ccc43)n2)cc1. The Kier molecular flexibility index (Phi) is 12.9. The van der Waals surface area contributed by atoms with Crippen molar-refractivity contribution < 1.29 is 8.83 Å². The number of hydrogen-bond acceptors (Lipinski definition) is 8. The van der Waals surface area contributed by atoms with Crippen LogP contribution in [0.5, 0.6) is 0 Å². The monoisotopic (exact) mass is 1380 g/mol. The molecule has 0 aliphatic heterocycles. The van der Waals surface area contributed by atoms with Gasteiger partial charge in [-0.05, 0) is 156 Å². The van der Waals surface area contributed by atoms with Crippen LogP contribution in [0, 0.1) is 0 Å². The number of hydrogen-bond donors (Lipinski definition) is 0. The zero-order valence-electron chi connectivity index (χ0n) is 57.7. The van der Waals surface area contributed by atoms with Crippen molar-refractivity contribution in [1.29, 1.82) is 0 Å². The summed E-state index contributed by atoms with van der Waals surface area (Å²) in [6.45, 7) is 0. The summed E-state index contributed by atoms with van der Waals surface area (Å²) in [6.07, 6.45) is 0. The van der Waals surface area contributed by atoms with Crippen molar-refractivity contribution in [2.45, 2.75) is 0 Å². The van der Waals surface area contributed by atoms with Gasteiger partial charge < -0.3 is 18.0 Å². The third kappa shape index (κ3) is 9.27. The minimum Gasteiger partial charge on any atom is -0.456 e. The number of fused-ring (bicyclic) bond motifs is 18. The molecule has 0 radical (unpaired) electrons. The van der Waals surface area contributed by atoms with Gasteiger partial charge in [-0.15, -0.1) is 0 Å². The molecule has 10 heteroatoms. The molecule has 6 aromatic heterocycles. The lowest BCUT2D eigenvalue weighted by atomic mass is 9.95. The first-order chi connectivity index (χ1) is 53.5. The van der Waals surface area contributed by atoms with Crippen LogP contribution in [0.4, 0.5) is 0 Å². The van der Waals surface area contributed by atoms with E-state index < -0.39 is 0 Å². The van der Waals surface area contributed by atoms with E-state index >= 15 is 0 Å². The van der Waals surface area contributed by atoms with Gasteiger partial charge in [0.1, 0.15) is 22.3 Å². The Morgan fingerprint density at radius 1 is 0.185 bits per heavy atom. The van der Waals surface area contributed by atoms with Crippen molar-refractivity contribution in [1.82, 2.24) is 39.0 Å². The summed E-state index contributed by atoms with van der Waals surface area (Å²) in [5, 5.41) is 19.8. The van der Waals surface area contributed by atoms with Crippen molar-refractivity contribution in [3.8, 4) is 90.8 Å². The van der Waals surface area contributed by atoms with Crippen molar-refractivity contribution in [2.24, 2.45) is 0 Å². The Labute approximate surface area is 616 Å². The Morgan fingerprint density at radius 3 is 1.07 bits per heavy atom. The van der Waals surface area contributed by atoms with Gasteiger partial charge in [-0.1, -0.05) is 249 Å². The fourth-order valence-electron chi connectivity index (χ4n) is 16.9. The van der Waals surface area contributed by atoms with Crippen LogP contribution < -0.4 is 0 Å². The normalized spacial score (nSPS) is 12.1. The number of para-hydroxylation sites is 2. The second-order valence-corrected chi connectivity index (χ2v) is 28.0. The molecule has 0 N–H and O–H groups in total. The smallest absolute Gasteiger partial charge is 0.166 e. The molecule has 108 heavy (non-hydrogen) atoms. The number of rotatable bonds is 9. The molecule has 10 nitrogen and oxygen atoms in total. The van der Waals surface area contributed by atoms with E-state index in [4.69, 9.17) is 38.7 Å². The van der Waals surface area contributed by atoms with Crippen molar-refractivity contribution >= 4 is 141 Å². The molecule has 0 aliphatic rings. The molecule has 0 unspecified atom stereocenters. The lowest BCUT2D eigenvalue weighted by molar-refractivity contribution is 0.668. The molecular weight excluding hydrogens is 1320 g/mol. The third-order valence-corrected chi connectivity index (χ3v) is 21.9. The zero-order chi connectivity index (χ0) is 70.7. The average molecular weight is 1380 g/mol. The molecule has 6 heterocycles. The number of furan rings is 2. The second kappa shape index (κ2) is 23.4. The first kappa shape index (κ1) is 59.8. The molecule has 23 rings (SSSR count). The summed E-state index contributed by atoms with van der Waals surface area (Å²) < 4.78 is 18.5. The maximum Gasteiger partial charge on any atom is 0.166 e. The second-order valence-electron chi connectivity index (χ2n) is 28.0. The molecule has 23 aromatic rings. The first-order valence-corrected chi connectivity index (χ1v) is 36.4. The minimum absolute atomic E-state index is 0.519. The summed E-state index contributed by atoms with van der Waals surface area (Å²) in [5.74, 6) is 3.20. The van der Waals surface area contributed by atoms with Crippen molar-refractivity contribution in [3.63, 3.8) is 0 Å². The van der Waals surface area contributed by atoms with E-state index in [9.17, 15) is 0 Å². The van der Waals surface area contributed by atoms with Crippen LogP contribution in [0.15, 0.2) is 349 Å². The van der Waals surface area contributed by atoms with Crippen LogP contribution in [0.1, 0.15) is 0 Å². The van der Waals surface area contributed by atoms with Gasteiger partial charge in [0.2, 0.25) is 0 Å². The van der Waals surface area contributed by atoms with E-state index in [1.54, 1.807) is 0 Å². The van der Waals surface area contributed by atoms with Gasteiger partial charge in [0.25, 0.3) is 0 Å². The molecule has 0 amide bonds. The van der Waals surface area contributed by atoms with E-state index in [-0.39, 0.29) is 0 Å². The highest BCUT2D eigenvalue weighted by Gasteiger charge is 2.29. The molecule has 0 fully saturated rings. The van der Waals surface area contributed by atoms with E-state index in [1.165, 1.54) is 32.3 Å². The van der Waals surface area contributed by atoms with E-state index in [2.05, 4.69) is 288 Å². The van der Waals surface area contributed by atoms with Crippen LogP contribution in [0.2, 0.25) is 0 Å². The lowest BCUT2D eigenvalue weighted by Crippen LogP contribution is -2.04. The van der Waals surface area contributed by atoms with Crippen molar-refractivity contribution in [2.75, 3.05) is 0 Å². The number of benzene rings is 17. The fraction of sp³-hybridized carbons (Fsp3) is 0. The lowest BCUT2D eigenvalue weighted by Gasteiger charge is -2.17. The molecule has 0 saturated carbocycles. The predicted molar refractivity (Wildman–Crippen MR) is 442 cm³/mol. The standard InChI is InChI=1S/C98H56N8O2/c1-3-22-59(23-4-1)93-99-95(102-96(100-93)74-44-47-86-89(72-35-17-19-37-84(72)107-86)91(74)105-80-46-43-58-21-13-16-34-71(58)88(80)79-52-64-28-9-12-31-67(64)56-83(79)105)61-41-39-57(40-42-61)69-49-68-32-14-15-33-70(68)78(53-69)98-103-94(60-24-5-2-6-25-60)101-97(104-98)75-45-48-87-90(73-36-18-20-38-85(73)108-87)92(75)106-81-54-65-29-10-7-26-62(65)50-76(81)77-51-63-27-8-11-30-66(63)55-82(77)106/h1-56H. The topological polar surface area (TPSA) is 113 Å². The maximum absolute atomic E-state index is 6.82. The van der Waals surface area contributed by atoms with Gasteiger partial charge in [0.05, 0.1) is 44.2 Å². The molecular formula is C98H56N8O2. The zero-order valence-corrected chi connectivity index (χ0v) is 57.7. The van der Waals surface area contributed by atoms with Gasteiger partial charge >= 0.3 is 0 Å². The van der Waals surface area contributed by atoms with E-state index in [0.717, 1.165) is 165 Å².